The molecule has 1 aromatic rings. The number of aryl methyl sites for hydroxylation is 1. The van der Waals surface area contributed by atoms with Crippen LogP contribution >= 0.6 is 0 Å². The molecule has 3 heteroatoms. The van der Waals surface area contributed by atoms with Gasteiger partial charge in [-0.1, -0.05) is 11.6 Å². The van der Waals surface area contributed by atoms with Crippen molar-refractivity contribution in [1.29, 1.82) is 0 Å². The Labute approximate surface area is 114 Å². The molecular formula is C16H21NO2. The van der Waals surface area contributed by atoms with Crippen molar-refractivity contribution >= 4 is 5.91 Å². The molecule has 0 atom stereocenters. The van der Waals surface area contributed by atoms with Gasteiger partial charge in [0, 0.05) is 12.1 Å². The molecule has 3 nitrogen and oxygen atoms in total. The van der Waals surface area contributed by atoms with Crippen molar-refractivity contribution in [2.24, 2.45) is 0 Å². The molecule has 0 aromatic heterocycles. The fourth-order valence-corrected chi connectivity index (χ4v) is 2.37. The molecule has 0 saturated carbocycles. The van der Waals surface area contributed by atoms with Crippen LogP contribution in [0.2, 0.25) is 0 Å². The maximum atomic E-state index is 11.9. The standard InChI is InChI=1S/C16H21NO2/c1-12-11-14(7-8-15(12)18)16(19)17-10-9-13-5-3-2-4-6-13/h5,7-8,11,18H,2-4,6,9-10H2,1H3,(H,17,19). The summed E-state index contributed by atoms with van der Waals surface area (Å²) >= 11 is 0. The molecule has 0 aliphatic heterocycles. The van der Waals surface area contributed by atoms with Crippen molar-refractivity contribution in [2.45, 2.75) is 39.0 Å². The highest BCUT2D eigenvalue weighted by Gasteiger charge is 2.08. The number of carbonyl (C=O) groups excluding carboxylic acids is 1. The number of benzene rings is 1. The Kier molecular flexibility index (Phi) is 4.61. The molecule has 0 radical (unpaired) electrons. The Morgan fingerprint density at radius 3 is 2.89 bits per heavy atom. The van der Waals surface area contributed by atoms with Crippen molar-refractivity contribution in [3.8, 4) is 5.75 Å². The average molecular weight is 259 g/mol. The van der Waals surface area contributed by atoms with Gasteiger partial charge in [0.1, 0.15) is 5.75 Å². The number of hydrogen-bond donors (Lipinski definition) is 2. The van der Waals surface area contributed by atoms with Gasteiger partial charge >= 0.3 is 0 Å². The van der Waals surface area contributed by atoms with Gasteiger partial charge in [0.15, 0.2) is 0 Å². The number of nitrogens with one attached hydrogen (secondary N) is 1. The summed E-state index contributed by atoms with van der Waals surface area (Å²) in [7, 11) is 0. The minimum atomic E-state index is -0.0699. The van der Waals surface area contributed by atoms with Crippen LogP contribution in [0.4, 0.5) is 0 Å². The first-order valence-electron chi connectivity index (χ1n) is 6.92. The Morgan fingerprint density at radius 2 is 2.21 bits per heavy atom. The van der Waals surface area contributed by atoms with Crippen LogP contribution in [0.3, 0.4) is 0 Å². The summed E-state index contributed by atoms with van der Waals surface area (Å²) in [6.07, 6.45) is 8.18. The second-order valence-corrected chi connectivity index (χ2v) is 5.12. The predicted octanol–water partition coefficient (Wildman–Crippen LogP) is 3.32. The number of carbonyl (C=O) groups is 1. The molecule has 19 heavy (non-hydrogen) atoms. The SMILES string of the molecule is Cc1cc(C(=O)NCCC2=CCCCC2)ccc1O. The van der Waals surface area contributed by atoms with Gasteiger partial charge in [0.25, 0.3) is 5.91 Å². The van der Waals surface area contributed by atoms with E-state index in [1.54, 1.807) is 25.1 Å². The molecule has 0 unspecified atom stereocenters. The first-order chi connectivity index (χ1) is 9.16. The average Bonchev–Trinajstić information content (AvgIpc) is 2.43. The highest BCUT2D eigenvalue weighted by Crippen LogP contribution is 2.20. The number of rotatable bonds is 4. The number of aromatic hydroxyl groups is 1. The van der Waals surface area contributed by atoms with Gasteiger partial charge < -0.3 is 10.4 Å². The lowest BCUT2D eigenvalue weighted by Gasteiger charge is -2.13. The molecule has 1 aromatic carbocycles. The number of phenolic OH excluding ortho intramolecular Hbond substituents is 1. The largest absolute Gasteiger partial charge is 0.508 e. The Morgan fingerprint density at radius 1 is 1.37 bits per heavy atom. The van der Waals surface area contributed by atoms with E-state index in [0.717, 1.165) is 12.0 Å². The van der Waals surface area contributed by atoms with Crippen molar-refractivity contribution < 1.29 is 9.90 Å². The number of amides is 1. The second-order valence-electron chi connectivity index (χ2n) is 5.12. The highest BCUT2D eigenvalue weighted by molar-refractivity contribution is 5.94. The molecule has 1 aliphatic rings. The third-order valence-corrected chi connectivity index (χ3v) is 3.58. The highest BCUT2D eigenvalue weighted by atomic mass is 16.3. The van der Waals surface area contributed by atoms with Crippen LogP contribution in [0.25, 0.3) is 0 Å². The Balaban J connectivity index is 1.83. The van der Waals surface area contributed by atoms with Gasteiger partial charge in [0.05, 0.1) is 0 Å². The van der Waals surface area contributed by atoms with Crippen LogP contribution < -0.4 is 5.32 Å². The smallest absolute Gasteiger partial charge is 0.251 e. The molecule has 0 spiro atoms. The summed E-state index contributed by atoms with van der Waals surface area (Å²) < 4.78 is 0. The quantitative estimate of drug-likeness (QED) is 0.815. The van der Waals surface area contributed by atoms with E-state index in [1.165, 1.54) is 31.3 Å². The maximum absolute atomic E-state index is 11.9. The first-order valence-corrected chi connectivity index (χ1v) is 6.92. The van der Waals surface area contributed by atoms with E-state index in [1.807, 2.05) is 0 Å². The second kappa shape index (κ2) is 6.41. The fourth-order valence-electron chi connectivity index (χ4n) is 2.37. The van der Waals surface area contributed by atoms with E-state index < -0.39 is 0 Å². The first kappa shape index (κ1) is 13.7. The van der Waals surface area contributed by atoms with Gasteiger partial charge in [-0.2, -0.15) is 0 Å². The summed E-state index contributed by atoms with van der Waals surface area (Å²) in [5, 5.41) is 12.4. The molecule has 0 heterocycles. The van der Waals surface area contributed by atoms with Crippen molar-refractivity contribution in [1.82, 2.24) is 5.32 Å². The summed E-state index contributed by atoms with van der Waals surface area (Å²) in [6, 6.07) is 4.93. The van der Waals surface area contributed by atoms with Crippen LogP contribution in [-0.4, -0.2) is 17.6 Å². The fraction of sp³-hybridized carbons (Fsp3) is 0.438. The molecule has 0 bridgehead atoms. The van der Waals surface area contributed by atoms with Gasteiger partial charge in [0.2, 0.25) is 0 Å². The normalized spacial score (nSPS) is 14.9. The van der Waals surface area contributed by atoms with Gasteiger partial charge in [-0.15, -0.1) is 0 Å². The molecule has 2 N–H and O–H groups in total. The third kappa shape index (κ3) is 3.85. The number of phenols is 1. The molecule has 1 amide bonds. The van der Waals surface area contributed by atoms with Crippen LogP contribution in [0, 0.1) is 6.92 Å². The zero-order valence-electron chi connectivity index (χ0n) is 11.4. The lowest BCUT2D eigenvalue weighted by Crippen LogP contribution is -2.24. The molecule has 0 saturated heterocycles. The van der Waals surface area contributed by atoms with Crippen LogP contribution in [-0.2, 0) is 0 Å². The maximum Gasteiger partial charge on any atom is 0.251 e. The van der Waals surface area contributed by atoms with Crippen molar-refractivity contribution in [2.75, 3.05) is 6.54 Å². The molecule has 0 fully saturated rings. The van der Waals surface area contributed by atoms with Crippen LogP contribution in [0.5, 0.6) is 5.75 Å². The lowest BCUT2D eigenvalue weighted by atomic mass is 9.97. The molecule has 1 aliphatic carbocycles. The van der Waals surface area contributed by atoms with Gasteiger partial charge in [-0.25, -0.2) is 0 Å². The van der Waals surface area contributed by atoms with Crippen molar-refractivity contribution in [3.05, 3.63) is 41.0 Å². The monoisotopic (exact) mass is 259 g/mol. The summed E-state index contributed by atoms with van der Waals surface area (Å²) in [6.45, 7) is 2.48. The van der Waals surface area contributed by atoms with E-state index in [9.17, 15) is 9.90 Å². The Hall–Kier alpha value is -1.77. The lowest BCUT2D eigenvalue weighted by molar-refractivity contribution is 0.0954. The third-order valence-electron chi connectivity index (χ3n) is 3.58. The predicted molar refractivity (Wildman–Crippen MR) is 76.3 cm³/mol. The van der Waals surface area contributed by atoms with Gasteiger partial charge in [-0.05, 0) is 62.8 Å². The van der Waals surface area contributed by atoms with Crippen LogP contribution in [0.15, 0.2) is 29.8 Å². The summed E-state index contributed by atoms with van der Waals surface area (Å²) in [5.74, 6) is 0.156. The summed E-state index contributed by atoms with van der Waals surface area (Å²) in [4.78, 5) is 11.9. The number of allylic oxidation sites excluding steroid dienone is 1. The Bertz CT molecular complexity index is 492. The molecule has 102 valence electrons. The minimum Gasteiger partial charge on any atom is -0.508 e. The number of hydrogen-bond acceptors (Lipinski definition) is 2. The topological polar surface area (TPSA) is 49.3 Å². The van der Waals surface area contributed by atoms with Crippen LogP contribution in [0.1, 0.15) is 48.0 Å². The van der Waals surface area contributed by atoms with E-state index in [0.29, 0.717) is 12.1 Å². The van der Waals surface area contributed by atoms with E-state index >= 15 is 0 Å². The summed E-state index contributed by atoms with van der Waals surface area (Å²) in [5.41, 5.74) is 2.80. The van der Waals surface area contributed by atoms with Crippen molar-refractivity contribution in [3.63, 3.8) is 0 Å². The van der Waals surface area contributed by atoms with E-state index in [2.05, 4.69) is 11.4 Å². The zero-order chi connectivity index (χ0) is 13.7. The van der Waals surface area contributed by atoms with Gasteiger partial charge in [-0.3, -0.25) is 4.79 Å². The molecular weight excluding hydrogens is 238 g/mol. The van der Waals surface area contributed by atoms with E-state index in [-0.39, 0.29) is 11.7 Å². The molecule has 2 rings (SSSR count). The minimum absolute atomic E-state index is 0.0699. The zero-order valence-corrected chi connectivity index (χ0v) is 11.4. The van der Waals surface area contributed by atoms with E-state index in [4.69, 9.17) is 0 Å².